The summed E-state index contributed by atoms with van der Waals surface area (Å²) in [5, 5.41) is 1.26. The van der Waals surface area contributed by atoms with Crippen molar-refractivity contribution in [2.75, 3.05) is 0 Å². The number of carbonyl (C=O) groups excluding carboxylic acids is 1. The van der Waals surface area contributed by atoms with Gasteiger partial charge in [-0.25, -0.2) is 4.79 Å². The molecule has 2 aromatic carbocycles. The van der Waals surface area contributed by atoms with Crippen molar-refractivity contribution in [1.82, 2.24) is 4.98 Å². The molecule has 31 heavy (non-hydrogen) atoms. The van der Waals surface area contributed by atoms with E-state index in [1.807, 2.05) is 37.4 Å². The molecule has 3 nitrogen and oxygen atoms in total. The molecule has 156 valence electrons. The minimum Gasteiger partial charge on any atom is -0.459 e. The van der Waals surface area contributed by atoms with E-state index in [0.29, 0.717) is 10.0 Å². The van der Waals surface area contributed by atoms with E-state index in [1.165, 1.54) is 5.56 Å². The molecule has 0 N–H and O–H groups in total. The number of hydrogen-bond acceptors (Lipinski definition) is 3. The van der Waals surface area contributed by atoms with Crippen molar-refractivity contribution in [3.05, 3.63) is 99.8 Å². The van der Waals surface area contributed by atoms with Crippen LogP contribution >= 0.6 is 23.2 Å². The molecule has 4 atom stereocenters. The van der Waals surface area contributed by atoms with Gasteiger partial charge in [-0.05, 0) is 49.1 Å². The molecule has 2 heterocycles. The highest BCUT2D eigenvalue weighted by Crippen LogP contribution is 2.51. The second-order valence-electron chi connectivity index (χ2n) is 8.17. The summed E-state index contributed by atoms with van der Waals surface area (Å²) >= 11 is 12.5. The summed E-state index contributed by atoms with van der Waals surface area (Å²) in [7, 11) is 0. The molecule has 3 aromatic rings. The summed E-state index contributed by atoms with van der Waals surface area (Å²) < 4.78 is 5.60. The lowest BCUT2D eigenvalue weighted by Crippen LogP contribution is -2.30. The number of hydrogen-bond donors (Lipinski definition) is 0. The minimum atomic E-state index is -0.198. The zero-order valence-electron chi connectivity index (χ0n) is 17.0. The third kappa shape index (κ3) is 3.66. The Hall–Kier alpha value is -2.62. The number of ether oxygens (including phenoxy) is 1. The number of benzene rings is 2. The fraction of sp³-hybridized carbons (Fsp3) is 0.231. The summed E-state index contributed by atoms with van der Waals surface area (Å²) in [5.41, 5.74) is 4.75. The van der Waals surface area contributed by atoms with Crippen LogP contribution in [0.1, 0.15) is 36.4 Å². The fourth-order valence-corrected chi connectivity index (χ4v) is 5.37. The SMILES string of the molecule is C[C@H]1OC(=O)C2=CC[C@@H](c3ccccc3)[C@H](c3ccc(-c4cc(Cl)ccc4Cl)cn3)[C@@H]21. The van der Waals surface area contributed by atoms with E-state index in [0.717, 1.165) is 28.8 Å². The number of cyclic esters (lactones) is 1. The summed E-state index contributed by atoms with van der Waals surface area (Å²) in [6.07, 6.45) is 4.51. The molecule has 0 unspecified atom stereocenters. The van der Waals surface area contributed by atoms with Crippen LogP contribution in [-0.4, -0.2) is 17.1 Å². The average molecular weight is 450 g/mol. The molecule has 1 saturated heterocycles. The van der Waals surface area contributed by atoms with Gasteiger partial charge in [0.25, 0.3) is 0 Å². The highest BCUT2D eigenvalue weighted by molar-refractivity contribution is 6.35. The van der Waals surface area contributed by atoms with E-state index < -0.39 is 0 Å². The molecule has 5 heteroatoms. The van der Waals surface area contributed by atoms with Crippen molar-refractivity contribution in [2.45, 2.75) is 31.3 Å². The molecule has 0 amide bonds. The molecule has 0 spiro atoms. The zero-order valence-corrected chi connectivity index (χ0v) is 18.5. The molecule has 5 rings (SSSR count). The summed E-state index contributed by atoms with van der Waals surface area (Å²) in [5.74, 6) is 0.0589. The van der Waals surface area contributed by atoms with Crippen LogP contribution in [0.4, 0.5) is 0 Å². The van der Waals surface area contributed by atoms with Crippen molar-refractivity contribution in [2.24, 2.45) is 5.92 Å². The monoisotopic (exact) mass is 449 g/mol. The van der Waals surface area contributed by atoms with E-state index in [9.17, 15) is 4.79 Å². The van der Waals surface area contributed by atoms with Crippen LogP contribution in [0.3, 0.4) is 0 Å². The molecule has 1 fully saturated rings. The first-order valence-electron chi connectivity index (χ1n) is 10.4. The topological polar surface area (TPSA) is 39.2 Å². The Kier molecular flexibility index (Phi) is 5.33. The fourth-order valence-electron chi connectivity index (χ4n) is 4.97. The number of nitrogens with zero attached hydrogens (tertiary/aromatic N) is 1. The first-order chi connectivity index (χ1) is 15.0. The van der Waals surface area contributed by atoms with Gasteiger partial charge in [0, 0.05) is 50.5 Å². The van der Waals surface area contributed by atoms with Gasteiger partial charge in [0.2, 0.25) is 0 Å². The van der Waals surface area contributed by atoms with Crippen LogP contribution in [0.25, 0.3) is 11.1 Å². The molecule has 1 aromatic heterocycles. The van der Waals surface area contributed by atoms with E-state index in [4.69, 9.17) is 32.9 Å². The summed E-state index contributed by atoms with van der Waals surface area (Å²) in [6.45, 7) is 1.98. The Labute approximate surface area is 191 Å². The standard InChI is InChI=1S/C26H21Cl2NO2/c1-15-24-20(26(30)31-15)10-9-19(16-5-3-2-4-6-16)25(24)23-12-7-17(14-29-23)21-13-18(27)8-11-22(21)28/h2-8,10-15,19,24-25H,9H2,1H3/t15-,19+,24-,25-/m1/s1. The molecule has 0 saturated carbocycles. The van der Waals surface area contributed by atoms with Gasteiger partial charge in [-0.1, -0.05) is 65.7 Å². The summed E-state index contributed by atoms with van der Waals surface area (Å²) in [4.78, 5) is 17.3. The van der Waals surface area contributed by atoms with Crippen molar-refractivity contribution >= 4 is 29.2 Å². The first-order valence-corrected chi connectivity index (χ1v) is 11.2. The van der Waals surface area contributed by atoms with E-state index in [1.54, 1.807) is 12.1 Å². The molecule has 0 radical (unpaired) electrons. The van der Waals surface area contributed by atoms with Gasteiger partial charge in [0.05, 0.1) is 0 Å². The van der Waals surface area contributed by atoms with Gasteiger partial charge >= 0.3 is 5.97 Å². The lowest BCUT2D eigenvalue weighted by Gasteiger charge is -2.35. The Morgan fingerprint density at radius 3 is 2.55 bits per heavy atom. The first kappa shape index (κ1) is 20.3. The van der Waals surface area contributed by atoms with Gasteiger partial charge in [-0.3, -0.25) is 4.98 Å². The van der Waals surface area contributed by atoms with Gasteiger partial charge in [0.15, 0.2) is 0 Å². The predicted molar refractivity (Wildman–Crippen MR) is 123 cm³/mol. The second-order valence-corrected chi connectivity index (χ2v) is 9.01. The number of halogens is 2. The minimum absolute atomic E-state index is 0.0143. The second kappa shape index (κ2) is 8.14. The highest BCUT2D eigenvalue weighted by atomic mass is 35.5. The maximum absolute atomic E-state index is 12.4. The van der Waals surface area contributed by atoms with E-state index in [2.05, 4.69) is 30.3 Å². The number of carbonyl (C=O) groups is 1. The number of rotatable bonds is 3. The van der Waals surface area contributed by atoms with Crippen LogP contribution in [0.5, 0.6) is 0 Å². The number of esters is 1. The molecule has 0 bridgehead atoms. The Morgan fingerprint density at radius 1 is 1.00 bits per heavy atom. The molecule has 1 aliphatic carbocycles. The molecule has 1 aliphatic heterocycles. The van der Waals surface area contributed by atoms with Gasteiger partial charge in [-0.15, -0.1) is 0 Å². The molecular formula is C26H21Cl2NO2. The molecule has 2 aliphatic rings. The number of fused-ring (bicyclic) bond motifs is 1. The Bertz CT molecular complexity index is 1160. The third-order valence-corrected chi connectivity index (χ3v) is 6.97. The smallest absolute Gasteiger partial charge is 0.334 e. The Morgan fingerprint density at radius 2 is 1.81 bits per heavy atom. The number of allylic oxidation sites excluding steroid dienone is 1. The van der Waals surface area contributed by atoms with Crippen molar-refractivity contribution in [1.29, 1.82) is 0 Å². The third-order valence-electron chi connectivity index (χ3n) is 6.40. The highest BCUT2D eigenvalue weighted by Gasteiger charge is 2.48. The normalized spacial score (nSPS) is 25.0. The van der Waals surface area contributed by atoms with Crippen LogP contribution in [0.2, 0.25) is 10.0 Å². The van der Waals surface area contributed by atoms with Crippen molar-refractivity contribution < 1.29 is 9.53 Å². The average Bonchev–Trinajstić information content (AvgIpc) is 3.09. The van der Waals surface area contributed by atoms with Gasteiger partial charge in [0.1, 0.15) is 6.10 Å². The van der Waals surface area contributed by atoms with Crippen molar-refractivity contribution in [3.8, 4) is 11.1 Å². The van der Waals surface area contributed by atoms with E-state index in [-0.39, 0.29) is 29.8 Å². The number of pyridine rings is 1. The van der Waals surface area contributed by atoms with Crippen LogP contribution in [0.15, 0.2) is 78.5 Å². The lowest BCUT2D eigenvalue weighted by molar-refractivity contribution is -0.138. The predicted octanol–water partition coefficient (Wildman–Crippen LogP) is 6.81. The zero-order chi connectivity index (χ0) is 21.5. The van der Waals surface area contributed by atoms with Crippen LogP contribution in [-0.2, 0) is 9.53 Å². The van der Waals surface area contributed by atoms with Crippen LogP contribution < -0.4 is 0 Å². The van der Waals surface area contributed by atoms with Crippen LogP contribution in [0, 0.1) is 5.92 Å². The van der Waals surface area contributed by atoms with Gasteiger partial charge < -0.3 is 4.74 Å². The largest absolute Gasteiger partial charge is 0.459 e. The quantitative estimate of drug-likeness (QED) is 0.412. The van der Waals surface area contributed by atoms with E-state index >= 15 is 0 Å². The molecular weight excluding hydrogens is 429 g/mol. The Balaban J connectivity index is 1.57. The van der Waals surface area contributed by atoms with Crippen molar-refractivity contribution in [3.63, 3.8) is 0 Å². The van der Waals surface area contributed by atoms with Gasteiger partial charge in [-0.2, -0.15) is 0 Å². The maximum Gasteiger partial charge on any atom is 0.334 e. The summed E-state index contributed by atoms with van der Waals surface area (Å²) in [6, 6.07) is 19.9. The lowest BCUT2D eigenvalue weighted by atomic mass is 9.67. The maximum atomic E-state index is 12.4. The number of aromatic nitrogens is 1.